The highest BCUT2D eigenvalue weighted by atomic mass is 127. The number of aromatic hydroxyl groups is 1. The maximum atomic E-state index is 9.51. The van der Waals surface area contributed by atoms with Gasteiger partial charge in [0.1, 0.15) is 10.8 Å². The summed E-state index contributed by atoms with van der Waals surface area (Å²) in [6.45, 7) is 0. The SMILES string of the molecule is Oc1ccc2sc(/C=C/c3ccc(-c4ccc(I)s4)s3)nc2c1. The van der Waals surface area contributed by atoms with Gasteiger partial charge in [-0.05, 0) is 71.1 Å². The number of aromatic nitrogens is 1. The molecule has 4 aromatic rings. The van der Waals surface area contributed by atoms with E-state index in [0.29, 0.717) is 0 Å². The molecule has 0 bridgehead atoms. The van der Waals surface area contributed by atoms with E-state index >= 15 is 0 Å². The van der Waals surface area contributed by atoms with Crippen LogP contribution in [-0.2, 0) is 0 Å². The summed E-state index contributed by atoms with van der Waals surface area (Å²) < 4.78 is 2.39. The standard InChI is InChI=1S/C17H10INOS3/c18-16-7-6-15(22-16)14-5-2-11(21-14)3-8-17-19-12-9-10(20)1-4-13(12)23-17/h1-9,20H/b8-3+. The predicted octanol–water partition coefficient (Wildman–Crippen LogP) is 6.57. The minimum absolute atomic E-state index is 0.256. The number of nitrogens with zero attached hydrogens (tertiary/aromatic N) is 1. The number of fused-ring (bicyclic) bond motifs is 1. The molecule has 0 spiro atoms. The van der Waals surface area contributed by atoms with Gasteiger partial charge in [0, 0.05) is 20.7 Å². The van der Waals surface area contributed by atoms with Gasteiger partial charge in [-0.15, -0.1) is 34.0 Å². The summed E-state index contributed by atoms with van der Waals surface area (Å²) in [7, 11) is 0. The van der Waals surface area contributed by atoms with Crippen molar-refractivity contribution in [2.45, 2.75) is 0 Å². The van der Waals surface area contributed by atoms with Crippen LogP contribution >= 0.6 is 56.6 Å². The van der Waals surface area contributed by atoms with Gasteiger partial charge in [0.15, 0.2) is 0 Å². The van der Waals surface area contributed by atoms with Crippen molar-refractivity contribution >= 4 is 79.0 Å². The number of thiazole rings is 1. The molecule has 0 aliphatic carbocycles. The highest BCUT2D eigenvalue weighted by Crippen LogP contribution is 2.35. The van der Waals surface area contributed by atoms with Crippen LogP contribution in [0, 0.1) is 2.88 Å². The normalized spacial score (nSPS) is 11.7. The minimum atomic E-state index is 0.256. The highest BCUT2D eigenvalue weighted by molar-refractivity contribution is 14.1. The first-order valence-electron chi connectivity index (χ1n) is 6.80. The second-order valence-electron chi connectivity index (χ2n) is 4.84. The molecule has 0 atom stereocenters. The van der Waals surface area contributed by atoms with Crippen LogP contribution in [0.3, 0.4) is 0 Å². The van der Waals surface area contributed by atoms with Gasteiger partial charge in [0.2, 0.25) is 0 Å². The third-order valence-corrected chi connectivity index (χ3v) is 7.36. The van der Waals surface area contributed by atoms with Gasteiger partial charge in [0.25, 0.3) is 0 Å². The second kappa shape index (κ2) is 6.35. The number of thiophene rings is 2. The van der Waals surface area contributed by atoms with E-state index in [-0.39, 0.29) is 5.75 Å². The summed E-state index contributed by atoms with van der Waals surface area (Å²) >= 11 is 7.58. The number of hydrogen-bond donors (Lipinski definition) is 1. The third kappa shape index (κ3) is 3.35. The van der Waals surface area contributed by atoms with Crippen molar-refractivity contribution in [3.8, 4) is 15.5 Å². The van der Waals surface area contributed by atoms with Crippen molar-refractivity contribution < 1.29 is 5.11 Å². The topological polar surface area (TPSA) is 33.1 Å². The van der Waals surface area contributed by atoms with E-state index in [9.17, 15) is 5.11 Å². The van der Waals surface area contributed by atoms with Gasteiger partial charge < -0.3 is 5.11 Å². The van der Waals surface area contributed by atoms with Gasteiger partial charge in [-0.3, -0.25) is 0 Å². The number of phenolic OH excluding ortho intramolecular Hbond substituents is 1. The molecule has 0 aliphatic rings. The van der Waals surface area contributed by atoms with Crippen molar-refractivity contribution in [2.24, 2.45) is 0 Å². The van der Waals surface area contributed by atoms with Crippen LogP contribution in [0.15, 0.2) is 42.5 Å². The Morgan fingerprint density at radius 2 is 1.74 bits per heavy atom. The molecule has 1 N–H and O–H groups in total. The maximum absolute atomic E-state index is 9.51. The molecule has 0 saturated heterocycles. The Kier molecular flexibility index (Phi) is 4.23. The van der Waals surface area contributed by atoms with Crippen molar-refractivity contribution in [3.63, 3.8) is 0 Å². The molecule has 0 aliphatic heterocycles. The Hall–Kier alpha value is -1.22. The molecule has 3 aromatic heterocycles. The lowest BCUT2D eigenvalue weighted by Crippen LogP contribution is -1.69. The molecule has 3 heterocycles. The lowest BCUT2D eigenvalue weighted by molar-refractivity contribution is 0.476. The van der Waals surface area contributed by atoms with Gasteiger partial charge >= 0.3 is 0 Å². The quantitative estimate of drug-likeness (QED) is 0.346. The molecule has 114 valence electrons. The lowest BCUT2D eigenvalue weighted by Gasteiger charge is -1.88. The number of phenols is 1. The molecule has 0 unspecified atom stereocenters. The van der Waals surface area contributed by atoms with Crippen LogP contribution in [0.1, 0.15) is 9.88 Å². The van der Waals surface area contributed by atoms with Crippen LogP contribution in [0.2, 0.25) is 0 Å². The minimum Gasteiger partial charge on any atom is -0.508 e. The van der Waals surface area contributed by atoms with Crippen LogP contribution in [-0.4, -0.2) is 10.1 Å². The fourth-order valence-corrected chi connectivity index (χ4v) is 5.65. The van der Waals surface area contributed by atoms with Crippen LogP contribution in [0.5, 0.6) is 5.75 Å². The molecule has 1 aromatic carbocycles. The number of benzene rings is 1. The van der Waals surface area contributed by atoms with E-state index in [2.05, 4.69) is 57.9 Å². The first-order valence-corrected chi connectivity index (χ1v) is 10.3. The van der Waals surface area contributed by atoms with Gasteiger partial charge in [-0.25, -0.2) is 4.98 Å². The monoisotopic (exact) mass is 467 g/mol. The van der Waals surface area contributed by atoms with Crippen molar-refractivity contribution in [1.82, 2.24) is 4.98 Å². The fraction of sp³-hybridized carbons (Fsp3) is 0. The molecular formula is C17H10INOS3. The smallest absolute Gasteiger partial charge is 0.117 e. The average Bonchev–Trinajstić information content (AvgIpc) is 3.23. The predicted molar refractivity (Wildman–Crippen MR) is 111 cm³/mol. The molecule has 0 saturated carbocycles. The Balaban J connectivity index is 1.59. The number of hydrogen-bond acceptors (Lipinski definition) is 5. The summed E-state index contributed by atoms with van der Waals surface area (Å²) in [5, 5.41) is 10.5. The first kappa shape index (κ1) is 15.3. The Bertz CT molecular complexity index is 1010. The zero-order valence-corrected chi connectivity index (χ0v) is 16.3. The van der Waals surface area contributed by atoms with E-state index in [1.165, 1.54) is 17.5 Å². The Morgan fingerprint density at radius 3 is 2.57 bits per heavy atom. The largest absolute Gasteiger partial charge is 0.508 e. The fourth-order valence-electron chi connectivity index (χ4n) is 2.18. The number of rotatable bonds is 3. The molecular weight excluding hydrogens is 457 g/mol. The van der Waals surface area contributed by atoms with Gasteiger partial charge in [0.05, 0.1) is 13.1 Å². The molecule has 2 nitrogen and oxygen atoms in total. The second-order valence-corrected chi connectivity index (χ2v) is 10.00. The van der Waals surface area contributed by atoms with Crippen LogP contribution in [0.25, 0.3) is 32.1 Å². The summed E-state index contributed by atoms with van der Waals surface area (Å²) in [6.07, 6.45) is 4.14. The van der Waals surface area contributed by atoms with Crippen LogP contribution in [0.4, 0.5) is 0 Å². The first-order chi connectivity index (χ1) is 11.2. The summed E-state index contributed by atoms with van der Waals surface area (Å²) in [5.41, 5.74) is 0.842. The molecule has 0 fully saturated rings. The zero-order valence-electron chi connectivity index (χ0n) is 11.7. The maximum Gasteiger partial charge on any atom is 0.117 e. The summed E-state index contributed by atoms with van der Waals surface area (Å²) in [4.78, 5) is 8.36. The summed E-state index contributed by atoms with van der Waals surface area (Å²) in [6, 6.07) is 13.9. The van der Waals surface area contributed by atoms with Crippen molar-refractivity contribution in [2.75, 3.05) is 0 Å². The van der Waals surface area contributed by atoms with E-state index in [1.807, 2.05) is 23.5 Å². The highest BCUT2D eigenvalue weighted by Gasteiger charge is 2.05. The summed E-state index contributed by atoms with van der Waals surface area (Å²) in [5.74, 6) is 0.256. The lowest BCUT2D eigenvalue weighted by atomic mass is 10.3. The molecule has 4 rings (SSSR count). The van der Waals surface area contributed by atoms with Crippen LogP contribution < -0.4 is 0 Å². The molecule has 0 amide bonds. The van der Waals surface area contributed by atoms with E-state index < -0.39 is 0 Å². The Morgan fingerprint density at radius 1 is 0.913 bits per heavy atom. The van der Waals surface area contributed by atoms with E-state index in [1.54, 1.807) is 34.8 Å². The molecule has 6 heteroatoms. The van der Waals surface area contributed by atoms with Gasteiger partial charge in [-0.1, -0.05) is 0 Å². The van der Waals surface area contributed by atoms with Crippen molar-refractivity contribution in [1.29, 1.82) is 0 Å². The van der Waals surface area contributed by atoms with Crippen molar-refractivity contribution in [3.05, 3.63) is 55.2 Å². The molecule has 0 radical (unpaired) electrons. The number of halogens is 1. The zero-order chi connectivity index (χ0) is 15.8. The molecule has 23 heavy (non-hydrogen) atoms. The van der Waals surface area contributed by atoms with E-state index in [4.69, 9.17) is 0 Å². The van der Waals surface area contributed by atoms with Gasteiger partial charge in [-0.2, -0.15) is 0 Å². The van der Waals surface area contributed by atoms with E-state index in [0.717, 1.165) is 15.2 Å². The Labute approximate surface area is 158 Å². The third-order valence-electron chi connectivity index (χ3n) is 3.22. The average molecular weight is 467 g/mol.